The van der Waals surface area contributed by atoms with Crippen LogP contribution >= 0.6 is 0 Å². The number of halogens is 20. The van der Waals surface area contributed by atoms with E-state index in [4.69, 9.17) is 18.9 Å². The van der Waals surface area contributed by atoms with Gasteiger partial charge in [-0.3, -0.25) is 9.98 Å². The zero-order chi connectivity index (χ0) is 78.8. The van der Waals surface area contributed by atoms with Crippen LogP contribution in [0.15, 0.2) is 80.1 Å². The largest absolute Gasteiger partial charge is 2.00 e. The minimum atomic E-state index is -2.49. The van der Waals surface area contributed by atoms with E-state index in [0.717, 1.165) is 0 Å². The predicted molar refractivity (Wildman–Crippen MR) is 327 cm³/mol. The summed E-state index contributed by atoms with van der Waals surface area (Å²) in [6, 6.07) is 8.65. The van der Waals surface area contributed by atoms with Gasteiger partial charge in [0.15, 0.2) is 0 Å². The van der Waals surface area contributed by atoms with Crippen molar-refractivity contribution in [3.05, 3.63) is 243 Å². The standard InChI is InChI=1S/2C35H22F10N2O6.Co/c2*1-10-17(34(48)52-32-26(42)22(38)20(36)23(39)27(32)43)12(3)46-30(10)19(15-8-7-14(50-5)9-16(15)51-6)31-11(2)18(13(4)47-31)35(49)53-33-28(44)24(40)21(37)25(41)29(33)45;/h2*7-9H,1-6H3,(H,46,47,48,49);/q;;+2/p-2. The molecular formula is C70H42CoF20N4O12. The molecule has 0 fully saturated rings. The van der Waals surface area contributed by atoms with Gasteiger partial charge in [-0.15, -0.1) is 22.8 Å². The van der Waals surface area contributed by atoms with E-state index in [1.165, 1.54) is 120 Å². The summed E-state index contributed by atoms with van der Waals surface area (Å²) < 4.78 is 321. The van der Waals surface area contributed by atoms with Crippen molar-refractivity contribution in [2.45, 2.75) is 55.4 Å². The van der Waals surface area contributed by atoms with Crippen LogP contribution in [0, 0.1) is 144 Å². The quantitative estimate of drug-likeness (QED) is 0.0291. The van der Waals surface area contributed by atoms with E-state index < -0.39 is 185 Å². The molecule has 0 bridgehead atoms. The van der Waals surface area contributed by atoms with Gasteiger partial charge in [-0.25, -0.2) is 71.9 Å². The third kappa shape index (κ3) is 14.2. The number of hydrogen-bond acceptors (Lipinski definition) is 14. The number of esters is 4. The average molecular weight is 1570 g/mol. The molecule has 2 aromatic heterocycles. The van der Waals surface area contributed by atoms with E-state index in [9.17, 15) is 107 Å². The topological polar surface area (TPSA) is 195 Å². The zero-order valence-electron chi connectivity index (χ0n) is 56.0. The summed E-state index contributed by atoms with van der Waals surface area (Å²) in [4.78, 5) is 70.7. The van der Waals surface area contributed by atoms with Crippen LogP contribution in [-0.4, -0.2) is 63.7 Å². The molecule has 2 aliphatic rings. The minimum absolute atomic E-state index is 0. The van der Waals surface area contributed by atoms with E-state index in [1.54, 1.807) is 0 Å². The Morgan fingerprint density at radius 3 is 0.794 bits per heavy atom. The average Bonchev–Trinajstić information content (AvgIpc) is 1.67. The van der Waals surface area contributed by atoms with E-state index in [1.807, 2.05) is 0 Å². The van der Waals surface area contributed by atoms with E-state index in [-0.39, 0.29) is 130 Å². The molecule has 2 aliphatic heterocycles. The summed E-state index contributed by atoms with van der Waals surface area (Å²) >= 11 is 0. The van der Waals surface area contributed by atoms with Gasteiger partial charge in [0.05, 0.1) is 62.4 Å². The predicted octanol–water partition coefficient (Wildman–Crippen LogP) is 16.1. The Hall–Kier alpha value is -11.6. The Morgan fingerprint density at radius 1 is 0.327 bits per heavy atom. The van der Waals surface area contributed by atoms with Gasteiger partial charge in [-0.2, -0.15) is 35.1 Å². The van der Waals surface area contributed by atoms with Crippen LogP contribution in [0.3, 0.4) is 0 Å². The molecule has 0 atom stereocenters. The second kappa shape index (κ2) is 31.2. The van der Waals surface area contributed by atoms with Gasteiger partial charge >= 0.3 is 40.7 Å². The maximum atomic E-state index is 14.4. The number of ether oxygens (including phenoxy) is 8. The molecule has 0 saturated heterocycles. The molecule has 8 aromatic rings. The van der Waals surface area contributed by atoms with Gasteiger partial charge in [0.25, 0.3) is 0 Å². The number of methoxy groups -OCH3 is 4. The van der Waals surface area contributed by atoms with E-state index in [0.29, 0.717) is 0 Å². The van der Waals surface area contributed by atoms with Crippen molar-refractivity contribution in [3.63, 3.8) is 0 Å². The van der Waals surface area contributed by atoms with Crippen LogP contribution in [-0.2, 0) is 26.4 Å². The molecular weight excluding hydrogens is 1530 g/mol. The number of carbonyl (C=O) groups excluding carboxylic acids is 4. The third-order valence-electron chi connectivity index (χ3n) is 16.1. The number of carbonyl (C=O) groups is 4. The molecule has 1 radical (unpaired) electrons. The fourth-order valence-electron chi connectivity index (χ4n) is 11.0. The Labute approximate surface area is 598 Å². The molecule has 0 aliphatic carbocycles. The van der Waals surface area contributed by atoms with Crippen LogP contribution in [0.4, 0.5) is 87.8 Å². The van der Waals surface area contributed by atoms with E-state index >= 15 is 0 Å². The van der Waals surface area contributed by atoms with Crippen molar-refractivity contribution in [1.82, 2.24) is 9.97 Å². The second-order valence-electron chi connectivity index (χ2n) is 22.2. The fourth-order valence-corrected chi connectivity index (χ4v) is 11.0. The smallest absolute Gasteiger partial charge is 0.660 e. The maximum Gasteiger partial charge on any atom is 2.00 e. The summed E-state index contributed by atoms with van der Waals surface area (Å²) in [6.45, 7) is 10.1. The molecule has 37 heteroatoms. The molecule has 0 unspecified atom stereocenters. The number of allylic oxidation sites excluding steroid dienone is 2. The Morgan fingerprint density at radius 2 is 0.561 bits per heavy atom. The number of aromatic nitrogens is 2. The van der Waals surface area contributed by atoms with Gasteiger partial charge in [0, 0.05) is 34.4 Å². The zero-order valence-corrected chi connectivity index (χ0v) is 57.1. The number of aliphatic imine (C=N–C) groups is 2. The molecule has 563 valence electrons. The van der Waals surface area contributed by atoms with Crippen molar-refractivity contribution in [3.8, 4) is 46.0 Å². The number of rotatable bonds is 16. The number of benzene rings is 6. The maximum absolute atomic E-state index is 14.4. The molecule has 10 rings (SSSR count). The van der Waals surface area contributed by atoms with Crippen LogP contribution in [0.25, 0.3) is 11.1 Å². The van der Waals surface area contributed by atoms with Crippen LogP contribution in [0.2, 0.25) is 0 Å². The van der Waals surface area contributed by atoms with Crippen LogP contribution in [0.1, 0.15) is 93.4 Å². The first-order chi connectivity index (χ1) is 49.7. The molecule has 4 heterocycles. The van der Waals surface area contributed by atoms with Gasteiger partial charge in [0.1, 0.15) is 23.0 Å². The molecule has 0 saturated carbocycles. The monoisotopic (exact) mass is 1570 g/mol. The normalized spacial score (nSPS) is 13.6. The molecule has 16 nitrogen and oxygen atoms in total. The van der Waals surface area contributed by atoms with Crippen molar-refractivity contribution in [2.24, 2.45) is 9.98 Å². The van der Waals surface area contributed by atoms with E-state index in [2.05, 4.69) is 38.9 Å². The van der Waals surface area contributed by atoms with Gasteiger partial charge in [0.2, 0.25) is 139 Å². The number of nitrogens with zero attached hydrogens (tertiary/aromatic N) is 4. The molecule has 0 N–H and O–H groups in total. The first-order valence-corrected chi connectivity index (χ1v) is 29.4. The Bertz CT molecular complexity index is 4950. The summed E-state index contributed by atoms with van der Waals surface area (Å²) in [7, 11) is 5.23. The van der Waals surface area contributed by atoms with Crippen molar-refractivity contribution in [2.75, 3.05) is 28.4 Å². The van der Waals surface area contributed by atoms with Gasteiger partial charge in [-0.1, -0.05) is 25.0 Å². The van der Waals surface area contributed by atoms with Crippen molar-refractivity contribution in [1.29, 1.82) is 0 Å². The Balaban J connectivity index is 0.000000267. The van der Waals surface area contributed by atoms with Crippen LogP contribution in [0.5, 0.6) is 46.0 Å². The molecule has 6 aromatic carbocycles. The number of aryl methyl sites for hydroxylation is 2. The molecule has 0 amide bonds. The third-order valence-corrected chi connectivity index (χ3v) is 16.1. The van der Waals surface area contributed by atoms with Crippen LogP contribution < -0.4 is 47.9 Å². The summed E-state index contributed by atoms with van der Waals surface area (Å²) in [5.74, 6) is -61.4. The second-order valence-corrected chi connectivity index (χ2v) is 22.2. The minimum Gasteiger partial charge on any atom is -0.660 e. The molecule has 107 heavy (non-hydrogen) atoms. The van der Waals surface area contributed by atoms with Crippen molar-refractivity contribution >= 4 is 46.4 Å². The Kier molecular flexibility index (Phi) is 23.6. The summed E-state index contributed by atoms with van der Waals surface area (Å²) in [5.41, 5.74) is -3.34. The van der Waals surface area contributed by atoms with Gasteiger partial charge in [-0.05, 0) is 88.1 Å². The first kappa shape index (κ1) is 81.0. The van der Waals surface area contributed by atoms with Gasteiger partial charge < -0.3 is 47.9 Å². The summed E-state index contributed by atoms with van der Waals surface area (Å²) in [5, 5.41) is 0. The SMILES string of the molecule is COc1ccc(/C(=C2/N=C(C)C(C(=O)Oc3c(F)c(F)c(F)c(F)c3F)=C2C)c2[n-]c(C)c(C(=O)Oc3c(F)c(F)c(F)c(F)c3F)c2C)c(OC)c1.COc1ccc(/C(=C2/N=C(C)C(C(=O)Oc3c(F)c(F)c(F)c(F)c3F)=C2C)c2[n-]c(C)c(C(=O)Oc3c(F)c(F)c(F)c(F)c3F)c2C)c(OC)c1.[Co+2]. The summed E-state index contributed by atoms with van der Waals surface area (Å²) in [6.07, 6.45) is 0. The number of hydrogen-bond donors (Lipinski definition) is 0. The fraction of sp³-hybridized carbons (Fsp3) is 0.171. The first-order valence-electron chi connectivity index (χ1n) is 29.4. The molecule has 0 spiro atoms. The van der Waals surface area contributed by atoms with Crippen molar-refractivity contribution < 1.29 is 162 Å².